The Morgan fingerprint density at radius 1 is 0.926 bits per heavy atom. The summed E-state index contributed by atoms with van der Waals surface area (Å²) in [5.41, 5.74) is 7.41. The second-order valence-corrected chi connectivity index (χ2v) is 6.54. The molecule has 27 heavy (non-hydrogen) atoms. The van der Waals surface area contributed by atoms with Crippen LogP contribution >= 0.6 is 0 Å². The number of fused-ring (bicyclic) bond motifs is 2. The second kappa shape index (κ2) is 6.34. The highest BCUT2D eigenvalue weighted by Gasteiger charge is 2.27. The quantitative estimate of drug-likeness (QED) is 0.607. The van der Waals surface area contributed by atoms with Gasteiger partial charge in [0.2, 0.25) is 0 Å². The van der Waals surface area contributed by atoms with Crippen molar-refractivity contribution in [3.05, 3.63) is 78.6 Å². The van der Waals surface area contributed by atoms with Gasteiger partial charge in [0.15, 0.2) is 11.6 Å². The Kier molecular flexibility index (Phi) is 3.69. The van der Waals surface area contributed by atoms with Gasteiger partial charge in [0, 0.05) is 24.2 Å². The van der Waals surface area contributed by atoms with Crippen molar-refractivity contribution in [2.75, 3.05) is 17.1 Å². The zero-order chi connectivity index (χ0) is 18.2. The van der Waals surface area contributed by atoms with Crippen molar-refractivity contribution in [3.8, 4) is 11.3 Å². The topological polar surface area (TPSA) is 57.2 Å². The van der Waals surface area contributed by atoms with Crippen LogP contribution in [0.15, 0.2) is 73.1 Å². The number of nitrogens with zero attached hydrogens (tertiary/aromatic N) is 5. The van der Waals surface area contributed by atoms with E-state index in [-0.39, 0.29) is 0 Å². The Morgan fingerprint density at radius 3 is 2.70 bits per heavy atom. The molecule has 0 saturated heterocycles. The molecule has 0 atom stereocenters. The maximum atomic E-state index is 4.86. The number of pyridine rings is 1. The van der Waals surface area contributed by atoms with Gasteiger partial charge in [-0.1, -0.05) is 42.5 Å². The first-order valence-corrected chi connectivity index (χ1v) is 8.81. The number of anilines is 2. The average Bonchev–Trinajstić information content (AvgIpc) is 3.03. The van der Waals surface area contributed by atoms with Gasteiger partial charge in [0.25, 0.3) is 0 Å². The van der Waals surface area contributed by atoms with Crippen molar-refractivity contribution in [1.29, 1.82) is 0 Å². The highest BCUT2D eigenvalue weighted by Crippen LogP contribution is 2.31. The molecular formula is C21H18N6. The summed E-state index contributed by atoms with van der Waals surface area (Å²) in [5, 5.41) is 5.04. The Bertz CT molecular complexity index is 1110. The van der Waals surface area contributed by atoms with E-state index in [1.165, 1.54) is 5.56 Å². The van der Waals surface area contributed by atoms with E-state index >= 15 is 0 Å². The predicted octanol–water partition coefficient (Wildman–Crippen LogP) is 3.57. The molecule has 0 aliphatic carbocycles. The van der Waals surface area contributed by atoms with Crippen LogP contribution in [0, 0.1) is 0 Å². The summed E-state index contributed by atoms with van der Waals surface area (Å²) < 4.78 is 0. The predicted molar refractivity (Wildman–Crippen MR) is 107 cm³/mol. The summed E-state index contributed by atoms with van der Waals surface area (Å²) >= 11 is 0. The molecule has 6 nitrogen and oxygen atoms in total. The number of nitrogens with one attached hydrogen (secondary N) is 1. The van der Waals surface area contributed by atoms with Crippen LogP contribution in [0.4, 0.5) is 11.6 Å². The molecule has 1 aliphatic rings. The summed E-state index contributed by atoms with van der Waals surface area (Å²) in [4.78, 5) is 13.9. The van der Waals surface area contributed by atoms with Gasteiger partial charge >= 0.3 is 0 Å². The first-order valence-electron chi connectivity index (χ1n) is 8.81. The van der Waals surface area contributed by atoms with Gasteiger partial charge in [0.05, 0.1) is 24.0 Å². The standard InChI is InChI=1S/C21H18N6/c1-26-20-21(24-19(13-23-20)16-6-3-2-4-7-16)27(25-26)14-15-9-10-18-17(12-15)8-5-11-22-18/h2-13,25H,14H2,1H3. The number of hydrazine groups is 2. The van der Waals surface area contributed by atoms with Gasteiger partial charge in [-0.15, -0.1) is 5.53 Å². The first kappa shape index (κ1) is 15.7. The lowest BCUT2D eigenvalue weighted by molar-refractivity contribution is 0.644. The normalized spacial score (nSPS) is 13.2. The molecule has 6 heteroatoms. The Balaban J connectivity index is 1.49. The Hall–Kier alpha value is -3.51. The first-order chi connectivity index (χ1) is 13.3. The highest BCUT2D eigenvalue weighted by atomic mass is 15.8. The molecule has 0 saturated carbocycles. The van der Waals surface area contributed by atoms with Crippen molar-refractivity contribution < 1.29 is 0 Å². The van der Waals surface area contributed by atoms with Crippen LogP contribution in [0.5, 0.6) is 0 Å². The molecule has 5 rings (SSSR count). The maximum Gasteiger partial charge on any atom is 0.190 e. The van der Waals surface area contributed by atoms with E-state index in [0.717, 1.165) is 33.8 Å². The van der Waals surface area contributed by atoms with Gasteiger partial charge in [-0.25, -0.2) is 9.97 Å². The van der Waals surface area contributed by atoms with Crippen LogP contribution in [0.2, 0.25) is 0 Å². The maximum absolute atomic E-state index is 4.86. The summed E-state index contributed by atoms with van der Waals surface area (Å²) in [7, 11) is 1.94. The molecule has 0 spiro atoms. The zero-order valence-corrected chi connectivity index (χ0v) is 14.9. The third-order valence-electron chi connectivity index (χ3n) is 4.66. The molecule has 0 radical (unpaired) electrons. The van der Waals surface area contributed by atoms with E-state index in [1.54, 1.807) is 0 Å². The van der Waals surface area contributed by atoms with Gasteiger partial charge in [-0.3, -0.25) is 15.0 Å². The fourth-order valence-electron chi connectivity index (χ4n) is 3.33. The minimum absolute atomic E-state index is 0.676. The van der Waals surface area contributed by atoms with Crippen molar-refractivity contribution in [1.82, 2.24) is 20.5 Å². The lowest BCUT2D eigenvalue weighted by Gasteiger charge is -2.19. The molecule has 0 unspecified atom stereocenters. The lowest BCUT2D eigenvalue weighted by Crippen LogP contribution is -2.41. The molecule has 0 bridgehead atoms. The van der Waals surface area contributed by atoms with Crippen LogP contribution in [0.3, 0.4) is 0 Å². The summed E-state index contributed by atoms with van der Waals surface area (Å²) in [6.07, 6.45) is 3.63. The summed E-state index contributed by atoms with van der Waals surface area (Å²) in [6, 6.07) is 20.5. The smallest absolute Gasteiger partial charge is 0.190 e. The van der Waals surface area contributed by atoms with Crippen molar-refractivity contribution in [2.24, 2.45) is 0 Å². The van der Waals surface area contributed by atoms with E-state index in [4.69, 9.17) is 4.98 Å². The molecule has 132 valence electrons. The third kappa shape index (κ3) is 2.86. The van der Waals surface area contributed by atoms with Crippen LogP contribution in [-0.4, -0.2) is 22.0 Å². The number of rotatable bonds is 3. The van der Waals surface area contributed by atoms with Crippen LogP contribution in [0.1, 0.15) is 5.56 Å². The highest BCUT2D eigenvalue weighted by molar-refractivity contribution is 5.79. The van der Waals surface area contributed by atoms with Crippen LogP contribution < -0.4 is 15.6 Å². The SMILES string of the molecule is CN1NN(Cc2ccc3ncccc3c2)c2nc(-c3ccccc3)cnc21. The molecular weight excluding hydrogens is 336 g/mol. The van der Waals surface area contributed by atoms with Crippen molar-refractivity contribution in [2.45, 2.75) is 6.54 Å². The second-order valence-electron chi connectivity index (χ2n) is 6.54. The monoisotopic (exact) mass is 354 g/mol. The number of aromatic nitrogens is 3. The fraction of sp³-hybridized carbons (Fsp3) is 0.0952. The number of hydrogen-bond donors (Lipinski definition) is 1. The molecule has 1 N–H and O–H groups in total. The molecule has 2 aromatic heterocycles. The van der Waals surface area contributed by atoms with Gasteiger partial charge < -0.3 is 0 Å². The lowest BCUT2D eigenvalue weighted by atomic mass is 10.1. The van der Waals surface area contributed by atoms with Gasteiger partial charge in [0.1, 0.15) is 0 Å². The van der Waals surface area contributed by atoms with Crippen molar-refractivity contribution >= 4 is 22.5 Å². The fourth-order valence-corrected chi connectivity index (χ4v) is 3.33. The van der Waals surface area contributed by atoms with Crippen LogP contribution in [0.25, 0.3) is 22.2 Å². The van der Waals surface area contributed by atoms with E-state index in [1.807, 2.05) is 65.9 Å². The van der Waals surface area contributed by atoms with Crippen molar-refractivity contribution in [3.63, 3.8) is 0 Å². The zero-order valence-electron chi connectivity index (χ0n) is 14.9. The average molecular weight is 354 g/mol. The number of hydrogen-bond acceptors (Lipinski definition) is 6. The minimum Gasteiger partial charge on any atom is -0.274 e. The molecule has 3 heterocycles. The largest absolute Gasteiger partial charge is 0.274 e. The third-order valence-corrected chi connectivity index (χ3v) is 4.66. The molecule has 2 aromatic carbocycles. The van der Waals surface area contributed by atoms with Gasteiger partial charge in [-0.2, -0.15) is 0 Å². The van der Waals surface area contributed by atoms with Crippen LogP contribution in [-0.2, 0) is 6.54 Å². The van der Waals surface area contributed by atoms with E-state index in [2.05, 4.69) is 39.8 Å². The minimum atomic E-state index is 0.676. The molecule has 4 aromatic rings. The van der Waals surface area contributed by atoms with E-state index < -0.39 is 0 Å². The summed E-state index contributed by atoms with van der Waals surface area (Å²) in [5.74, 6) is 1.64. The molecule has 0 amide bonds. The number of benzene rings is 2. The van der Waals surface area contributed by atoms with E-state index in [9.17, 15) is 0 Å². The van der Waals surface area contributed by atoms with Gasteiger partial charge in [-0.05, 0) is 23.8 Å². The van der Waals surface area contributed by atoms with E-state index in [0.29, 0.717) is 6.54 Å². The Morgan fingerprint density at radius 2 is 1.81 bits per heavy atom. The Labute approximate surface area is 157 Å². The molecule has 0 fully saturated rings. The molecule has 1 aliphatic heterocycles. The summed E-state index contributed by atoms with van der Waals surface area (Å²) in [6.45, 7) is 0.676.